The second-order valence-corrected chi connectivity index (χ2v) is 9.29. The van der Waals surface area contributed by atoms with Crippen molar-refractivity contribution in [1.29, 1.82) is 0 Å². The number of esters is 1. The second-order valence-electron chi connectivity index (χ2n) is 9.29. The Hall–Kier alpha value is -4.91. The van der Waals surface area contributed by atoms with Gasteiger partial charge in [0, 0.05) is 12.8 Å². The highest BCUT2D eigenvalue weighted by Gasteiger charge is 2.28. The third kappa shape index (κ3) is 9.13. The van der Waals surface area contributed by atoms with Crippen molar-refractivity contribution in [2.24, 2.45) is 0 Å². The molecule has 2 amide bonds. The van der Waals surface area contributed by atoms with Gasteiger partial charge in [-0.25, -0.2) is 9.59 Å². The molecule has 0 saturated carbocycles. The lowest BCUT2D eigenvalue weighted by molar-refractivity contribution is -0.149. The molecule has 0 saturated heterocycles. The van der Waals surface area contributed by atoms with Gasteiger partial charge in [-0.3, -0.25) is 4.79 Å². The maximum atomic E-state index is 13.5. The number of carbonyl (C=O) groups is 3. The first-order valence-electron chi connectivity index (χ1n) is 13.1. The van der Waals surface area contributed by atoms with E-state index in [9.17, 15) is 14.4 Å². The van der Waals surface area contributed by atoms with Gasteiger partial charge in [0.2, 0.25) is 5.91 Å². The summed E-state index contributed by atoms with van der Waals surface area (Å²) in [7, 11) is 0. The van der Waals surface area contributed by atoms with Crippen LogP contribution >= 0.6 is 0 Å². The molecule has 4 rings (SSSR count). The van der Waals surface area contributed by atoms with Gasteiger partial charge >= 0.3 is 12.1 Å². The summed E-state index contributed by atoms with van der Waals surface area (Å²) in [5.41, 5.74) is 3.37. The SMILES string of the molecule is O=C(N[C@@H](Cc1ccccc1)C(=O)N[C@H](Cc1ccccc1)C(=O)OCc1ccccc1)OCc1ccccc1. The summed E-state index contributed by atoms with van der Waals surface area (Å²) in [4.78, 5) is 39.4. The Morgan fingerprint density at radius 3 is 1.38 bits per heavy atom. The van der Waals surface area contributed by atoms with Crippen molar-refractivity contribution in [3.63, 3.8) is 0 Å². The molecule has 0 bridgehead atoms. The van der Waals surface area contributed by atoms with Crippen LogP contribution in [0.25, 0.3) is 0 Å². The van der Waals surface area contributed by atoms with Gasteiger partial charge in [0.1, 0.15) is 25.3 Å². The molecule has 0 unspecified atom stereocenters. The van der Waals surface area contributed by atoms with E-state index in [1.165, 1.54) is 0 Å². The molecule has 0 aliphatic rings. The molecule has 0 fully saturated rings. The maximum Gasteiger partial charge on any atom is 0.408 e. The number of amides is 2. The van der Waals surface area contributed by atoms with Gasteiger partial charge in [-0.05, 0) is 22.3 Å². The molecule has 0 radical (unpaired) electrons. The highest BCUT2D eigenvalue weighted by molar-refractivity contribution is 5.90. The number of hydrogen-bond donors (Lipinski definition) is 2. The fourth-order valence-electron chi connectivity index (χ4n) is 4.11. The number of hydrogen-bond acceptors (Lipinski definition) is 5. The number of benzene rings is 4. The lowest BCUT2D eigenvalue weighted by atomic mass is 10.0. The lowest BCUT2D eigenvalue weighted by Gasteiger charge is -2.23. The van der Waals surface area contributed by atoms with E-state index in [0.717, 1.165) is 22.3 Å². The third-order valence-electron chi connectivity index (χ3n) is 6.21. The van der Waals surface area contributed by atoms with Gasteiger partial charge in [-0.15, -0.1) is 0 Å². The van der Waals surface area contributed by atoms with Crippen molar-refractivity contribution >= 4 is 18.0 Å². The molecule has 7 heteroatoms. The monoisotopic (exact) mass is 536 g/mol. The van der Waals surface area contributed by atoms with Crippen LogP contribution in [0.15, 0.2) is 121 Å². The fourth-order valence-corrected chi connectivity index (χ4v) is 4.11. The van der Waals surface area contributed by atoms with Crippen LogP contribution < -0.4 is 10.6 Å². The third-order valence-corrected chi connectivity index (χ3v) is 6.21. The number of rotatable bonds is 12. The summed E-state index contributed by atoms with van der Waals surface area (Å²) in [6.45, 7) is 0.146. The summed E-state index contributed by atoms with van der Waals surface area (Å²) < 4.78 is 10.9. The molecule has 0 aliphatic heterocycles. The first-order valence-corrected chi connectivity index (χ1v) is 13.1. The summed E-state index contributed by atoms with van der Waals surface area (Å²) >= 11 is 0. The number of ether oxygens (including phenoxy) is 2. The molecule has 204 valence electrons. The molecule has 4 aromatic rings. The summed E-state index contributed by atoms with van der Waals surface area (Å²) in [5.74, 6) is -1.08. The molecule has 7 nitrogen and oxygen atoms in total. The molecule has 40 heavy (non-hydrogen) atoms. The smallest absolute Gasteiger partial charge is 0.408 e. The fraction of sp³-hybridized carbons (Fsp3) is 0.182. The summed E-state index contributed by atoms with van der Waals surface area (Å²) in [6, 6.07) is 35.4. The lowest BCUT2D eigenvalue weighted by Crippen LogP contribution is -2.53. The van der Waals surface area contributed by atoms with E-state index in [1.54, 1.807) is 0 Å². The zero-order valence-corrected chi connectivity index (χ0v) is 22.1. The van der Waals surface area contributed by atoms with E-state index in [0.29, 0.717) is 0 Å². The Balaban J connectivity index is 1.46. The van der Waals surface area contributed by atoms with Gasteiger partial charge in [0.25, 0.3) is 0 Å². The molecule has 2 atom stereocenters. The van der Waals surface area contributed by atoms with Crippen LogP contribution in [-0.2, 0) is 45.1 Å². The Bertz CT molecular complexity index is 1350. The maximum absolute atomic E-state index is 13.5. The van der Waals surface area contributed by atoms with Crippen LogP contribution in [0.4, 0.5) is 4.79 Å². The van der Waals surface area contributed by atoms with Gasteiger partial charge < -0.3 is 20.1 Å². The minimum Gasteiger partial charge on any atom is -0.459 e. The largest absolute Gasteiger partial charge is 0.459 e. The quantitative estimate of drug-likeness (QED) is 0.249. The highest BCUT2D eigenvalue weighted by Crippen LogP contribution is 2.10. The van der Waals surface area contributed by atoms with Gasteiger partial charge in [0.15, 0.2) is 0 Å². The van der Waals surface area contributed by atoms with E-state index >= 15 is 0 Å². The first-order chi connectivity index (χ1) is 19.6. The molecule has 0 aliphatic carbocycles. The van der Waals surface area contributed by atoms with E-state index in [-0.39, 0.29) is 26.1 Å². The molecular formula is C33H32N2O5. The first kappa shape index (κ1) is 28.1. The standard InChI is InChI=1S/C33H32N2O5/c36-31(29(21-25-13-5-1-6-14-25)35-33(38)40-24-28-19-11-4-12-20-28)34-30(22-26-15-7-2-8-16-26)32(37)39-23-27-17-9-3-10-18-27/h1-20,29-30H,21-24H2,(H,34,36)(H,35,38)/t29-,30+/m0/s1. The van der Waals surface area contributed by atoms with Crippen LogP contribution in [0.5, 0.6) is 0 Å². The minimum absolute atomic E-state index is 0.0643. The average Bonchev–Trinajstić information content (AvgIpc) is 3.00. The van der Waals surface area contributed by atoms with Crippen molar-refractivity contribution in [1.82, 2.24) is 10.6 Å². The molecule has 0 aromatic heterocycles. The number of nitrogens with one attached hydrogen (secondary N) is 2. The molecular weight excluding hydrogens is 504 g/mol. The predicted molar refractivity (Wildman–Crippen MR) is 152 cm³/mol. The minimum atomic E-state index is -0.981. The normalized spacial score (nSPS) is 12.0. The van der Waals surface area contributed by atoms with Gasteiger partial charge in [-0.1, -0.05) is 121 Å². The Morgan fingerprint density at radius 1 is 0.500 bits per heavy atom. The molecule has 2 N–H and O–H groups in total. The summed E-state index contributed by atoms with van der Waals surface area (Å²) in [5, 5.41) is 5.49. The molecule has 4 aromatic carbocycles. The van der Waals surface area contributed by atoms with Gasteiger partial charge in [-0.2, -0.15) is 0 Å². The van der Waals surface area contributed by atoms with Crippen molar-refractivity contribution in [2.75, 3.05) is 0 Å². The van der Waals surface area contributed by atoms with E-state index in [4.69, 9.17) is 9.47 Å². The Kier molecular flexibility index (Phi) is 10.5. The topological polar surface area (TPSA) is 93.7 Å². The van der Waals surface area contributed by atoms with Crippen molar-refractivity contribution < 1.29 is 23.9 Å². The van der Waals surface area contributed by atoms with Crippen molar-refractivity contribution in [3.05, 3.63) is 144 Å². The van der Waals surface area contributed by atoms with Crippen molar-refractivity contribution in [2.45, 2.75) is 38.1 Å². The van der Waals surface area contributed by atoms with Crippen LogP contribution in [-0.4, -0.2) is 30.1 Å². The molecule has 0 spiro atoms. The van der Waals surface area contributed by atoms with Gasteiger partial charge in [0.05, 0.1) is 0 Å². The van der Waals surface area contributed by atoms with E-state index in [2.05, 4.69) is 10.6 Å². The predicted octanol–water partition coefficient (Wildman–Crippen LogP) is 5.00. The zero-order chi connectivity index (χ0) is 28.0. The Labute approximate surface area is 234 Å². The number of carbonyl (C=O) groups excluding carboxylic acids is 3. The van der Waals surface area contributed by atoms with Crippen LogP contribution in [0.2, 0.25) is 0 Å². The Morgan fingerprint density at radius 2 is 0.900 bits per heavy atom. The van der Waals surface area contributed by atoms with Crippen LogP contribution in [0.1, 0.15) is 22.3 Å². The van der Waals surface area contributed by atoms with Crippen LogP contribution in [0.3, 0.4) is 0 Å². The summed E-state index contributed by atoms with van der Waals surface area (Å²) in [6.07, 6.45) is -0.285. The zero-order valence-electron chi connectivity index (χ0n) is 22.1. The van der Waals surface area contributed by atoms with Crippen molar-refractivity contribution in [3.8, 4) is 0 Å². The molecule has 0 heterocycles. The number of alkyl carbamates (subject to hydrolysis) is 1. The highest BCUT2D eigenvalue weighted by atomic mass is 16.5. The van der Waals surface area contributed by atoms with Crippen LogP contribution in [0, 0.1) is 0 Å². The second kappa shape index (κ2) is 14.9. The van der Waals surface area contributed by atoms with E-state index in [1.807, 2.05) is 121 Å². The van der Waals surface area contributed by atoms with E-state index < -0.39 is 30.1 Å². The average molecular weight is 537 g/mol.